The molecule has 0 spiro atoms. The van der Waals surface area contributed by atoms with E-state index >= 15 is 0 Å². The lowest BCUT2D eigenvalue weighted by atomic mass is 9.93. The summed E-state index contributed by atoms with van der Waals surface area (Å²) in [5.74, 6) is 5.55. The van der Waals surface area contributed by atoms with Crippen LogP contribution in [0.1, 0.15) is 0 Å². The van der Waals surface area contributed by atoms with Gasteiger partial charge < -0.3 is 13.3 Å². The Morgan fingerprint density at radius 1 is 0.126 bits per heavy atom. The van der Waals surface area contributed by atoms with Gasteiger partial charge in [0.2, 0.25) is 16.3 Å². The number of para-hydroxylation sites is 3. The van der Waals surface area contributed by atoms with Crippen molar-refractivity contribution in [2.45, 2.75) is 0 Å². The molecule has 636 valence electrons. The molecule has 6 aromatic heterocycles. The zero-order valence-corrected chi connectivity index (χ0v) is 72.3. The van der Waals surface area contributed by atoms with Gasteiger partial charge in [-0.25, -0.2) is 44.9 Å². The Labute approximate surface area is 773 Å². The van der Waals surface area contributed by atoms with E-state index in [0.717, 1.165) is 117 Å². The van der Waals surface area contributed by atoms with Gasteiger partial charge in [-0.15, -0.1) is 0 Å². The molecule has 0 N–H and O–H groups in total. The molecule has 0 aliphatic carbocycles. The fraction of sp³-hybridized carbons (Fsp3) is 0. The number of benzene rings is 18. The highest BCUT2D eigenvalue weighted by atomic mass is 16.3. The van der Waals surface area contributed by atoms with Crippen LogP contribution in [0.25, 0.3) is 235 Å². The normalized spacial score (nSPS) is 11.2. The summed E-state index contributed by atoms with van der Waals surface area (Å²) in [6.07, 6.45) is 0. The first-order chi connectivity index (χ1) is 66.6. The number of hydrogen-bond donors (Lipinski definition) is 0. The van der Waals surface area contributed by atoms with Crippen molar-refractivity contribution in [2.75, 3.05) is 0 Å². The Hall–Kier alpha value is -18.6. The molecule has 0 aliphatic heterocycles. The van der Waals surface area contributed by atoms with Gasteiger partial charge in [-0.2, -0.15) is 0 Å². The minimum Gasteiger partial charge on any atom is -0.456 e. The molecule has 0 bridgehead atoms. The van der Waals surface area contributed by atoms with Gasteiger partial charge in [0.25, 0.3) is 0 Å². The van der Waals surface area contributed by atoms with E-state index in [2.05, 4.69) is 91.0 Å². The summed E-state index contributed by atoms with van der Waals surface area (Å²) >= 11 is 0. The van der Waals surface area contributed by atoms with Crippen LogP contribution < -0.4 is 16.3 Å². The average Bonchev–Trinajstić information content (AvgIpc) is 0.798. The van der Waals surface area contributed by atoms with Gasteiger partial charge in [0, 0.05) is 50.1 Å². The van der Waals surface area contributed by atoms with E-state index in [9.17, 15) is 14.4 Å². The van der Waals surface area contributed by atoms with Crippen LogP contribution in [0.4, 0.5) is 0 Å². The minimum absolute atomic E-state index is 0.0218. The highest BCUT2D eigenvalue weighted by Gasteiger charge is 2.22. The van der Waals surface area contributed by atoms with Crippen LogP contribution in [0.2, 0.25) is 0 Å². The largest absolute Gasteiger partial charge is 0.456 e. The summed E-state index contributed by atoms with van der Waals surface area (Å²) in [5, 5.41) is 3.46. The molecule has 0 unspecified atom stereocenters. The van der Waals surface area contributed by atoms with E-state index in [1.54, 1.807) is 18.2 Å². The number of rotatable bonds is 15. The van der Waals surface area contributed by atoms with Gasteiger partial charge in [0.1, 0.15) is 33.5 Å². The molecule has 18 aromatic carbocycles. The summed E-state index contributed by atoms with van der Waals surface area (Å²) in [7, 11) is 0. The van der Waals surface area contributed by atoms with E-state index in [0.29, 0.717) is 118 Å². The lowest BCUT2D eigenvalue weighted by molar-refractivity contribution is 0.659. The quantitative estimate of drug-likeness (QED) is 0.0875. The minimum atomic E-state index is -0.0264. The fourth-order valence-electron chi connectivity index (χ4n) is 17.1. The van der Waals surface area contributed by atoms with Gasteiger partial charge in [-0.05, 0) is 152 Å². The van der Waals surface area contributed by atoms with Gasteiger partial charge >= 0.3 is 0 Å². The highest BCUT2D eigenvalue weighted by molar-refractivity contribution is 5.98. The predicted molar refractivity (Wildman–Crippen MR) is 542 cm³/mol. The van der Waals surface area contributed by atoms with Gasteiger partial charge in [-0.3, -0.25) is 14.4 Å². The molecular formula is C120H75N9O6. The Kier molecular flexibility index (Phi) is 22.2. The number of hydrogen-bond acceptors (Lipinski definition) is 15. The molecule has 0 atom stereocenters. The van der Waals surface area contributed by atoms with Crippen LogP contribution in [0.3, 0.4) is 0 Å². The summed E-state index contributed by atoms with van der Waals surface area (Å²) in [6.45, 7) is 0. The van der Waals surface area contributed by atoms with Crippen LogP contribution >= 0.6 is 0 Å². The van der Waals surface area contributed by atoms with Gasteiger partial charge in [-0.1, -0.05) is 370 Å². The predicted octanol–water partition coefficient (Wildman–Crippen LogP) is 28.4. The summed E-state index contributed by atoms with van der Waals surface area (Å²) in [5.41, 5.74) is 23.8. The average molecular weight is 1740 g/mol. The molecule has 0 saturated heterocycles. The molecule has 0 fully saturated rings. The zero-order chi connectivity index (χ0) is 90.5. The second-order valence-corrected chi connectivity index (χ2v) is 32.4. The molecule has 0 amide bonds. The highest BCUT2D eigenvalue weighted by Crippen LogP contribution is 2.41. The lowest BCUT2D eigenvalue weighted by Gasteiger charge is -2.13. The maximum Gasteiger partial charge on any atom is 0.200 e. The third kappa shape index (κ3) is 16.9. The van der Waals surface area contributed by atoms with Gasteiger partial charge in [0.05, 0.1) is 32.3 Å². The van der Waals surface area contributed by atoms with E-state index in [1.807, 2.05) is 346 Å². The van der Waals surface area contributed by atoms with Crippen LogP contribution in [-0.2, 0) is 0 Å². The van der Waals surface area contributed by atoms with Crippen molar-refractivity contribution in [3.05, 3.63) is 486 Å². The van der Waals surface area contributed by atoms with Crippen molar-refractivity contribution < 1.29 is 13.3 Å². The zero-order valence-electron chi connectivity index (χ0n) is 72.3. The Morgan fingerprint density at radius 2 is 0.319 bits per heavy atom. The summed E-state index contributed by atoms with van der Waals surface area (Å²) in [6, 6.07) is 149. The molecule has 24 aromatic rings. The van der Waals surface area contributed by atoms with Crippen LogP contribution in [0.5, 0.6) is 0 Å². The SMILES string of the molecule is O=c1c2ccccc2oc2cc(-c3cccc(-c4ccccc4-c4nc(-c5ccccc5)nc(-c5ccccc5)n4)c3)ccc12.O=c1c2ccccc2oc2cc(-c3ccccc3-c3ccc(-c4nc(-c5ccccc5)nc(-c5ccccc5)n4)cc3)ccc12.O=c1c2ccccc2oc2cc(-c3ccccc3-c3cccc(-c4nc(-c5ccccc5)nc(-c5ccccc5)n4)c3)ccc12. The van der Waals surface area contributed by atoms with Crippen LogP contribution in [0, 0.1) is 0 Å². The van der Waals surface area contributed by atoms with Crippen molar-refractivity contribution in [3.8, 4) is 169 Å². The third-order valence-corrected chi connectivity index (χ3v) is 23.9. The van der Waals surface area contributed by atoms with Gasteiger partial charge in [0.15, 0.2) is 52.4 Å². The Bertz CT molecular complexity index is 8640. The molecule has 135 heavy (non-hydrogen) atoms. The first-order valence-electron chi connectivity index (χ1n) is 44.2. The molecule has 6 heterocycles. The third-order valence-electron chi connectivity index (χ3n) is 23.9. The topological polar surface area (TPSA) is 207 Å². The molecule has 0 radical (unpaired) electrons. The van der Waals surface area contributed by atoms with Crippen molar-refractivity contribution in [1.82, 2.24) is 44.9 Å². The molecule has 15 nitrogen and oxygen atoms in total. The molecule has 24 rings (SSSR count). The summed E-state index contributed by atoms with van der Waals surface area (Å²) in [4.78, 5) is 83.3. The second kappa shape index (κ2) is 36.5. The van der Waals surface area contributed by atoms with E-state index < -0.39 is 0 Å². The van der Waals surface area contributed by atoms with E-state index in [4.69, 9.17) is 58.1 Å². The Morgan fingerprint density at radius 3 is 0.659 bits per heavy atom. The molecular weight excluding hydrogens is 1660 g/mol. The van der Waals surface area contributed by atoms with E-state index in [-0.39, 0.29) is 16.3 Å². The first kappa shape index (κ1) is 82.1. The maximum atomic E-state index is 13.1. The number of aromatic nitrogens is 9. The number of nitrogens with zero attached hydrogens (tertiary/aromatic N) is 9. The maximum absolute atomic E-state index is 13.1. The van der Waals surface area contributed by atoms with Crippen molar-refractivity contribution in [3.63, 3.8) is 0 Å². The summed E-state index contributed by atoms with van der Waals surface area (Å²) < 4.78 is 18.5. The lowest BCUT2D eigenvalue weighted by Crippen LogP contribution is -2.01. The monoisotopic (exact) mass is 1740 g/mol. The second-order valence-electron chi connectivity index (χ2n) is 32.4. The van der Waals surface area contributed by atoms with Crippen LogP contribution in [0.15, 0.2) is 483 Å². The first-order valence-corrected chi connectivity index (χ1v) is 44.2. The van der Waals surface area contributed by atoms with Crippen molar-refractivity contribution in [2.24, 2.45) is 0 Å². The number of fused-ring (bicyclic) bond motifs is 6. The smallest absolute Gasteiger partial charge is 0.200 e. The fourth-order valence-corrected chi connectivity index (χ4v) is 17.1. The Balaban J connectivity index is 0.000000118. The van der Waals surface area contributed by atoms with E-state index in [1.165, 1.54) is 0 Å². The van der Waals surface area contributed by atoms with Crippen LogP contribution in [-0.4, -0.2) is 44.9 Å². The molecule has 0 aliphatic rings. The standard InChI is InChI=1S/3C40H25N3O2/c44-37-33-20-9-10-21-35(33)45-36-25-29(22-23-34(36)37)32-19-8-7-18-31(32)28-16-11-17-30(24-28)40-42-38(26-12-3-1-4-13-26)41-39(43-40)27-14-5-2-6-15-27;44-37-33-20-9-10-21-35(33)45-36-25-29(22-23-34(36)37)28-16-11-17-30(24-28)31-18-7-8-19-32(31)40-42-38(26-12-3-1-4-13-26)41-39(43-40)27-14-5-2-6-15-27;44-37-33-17-9-10-18-35(33)45-36-25-30(23-24-34(36)37)32-16-8-7-15-31(32)26-19-21-29(22-20-26)40-42-38(27-11-3-1-4-12-27)41-39(43-40)28-13-5-2-6-14-28/h3*1-25H. The van der Waals surface area contributed by atoms with Crippen molar-refractivity contribution >= 4 is 65.8 Å². The molecule has 15 heteroatoms. The molecule has 0 saturated carbocycles. The van der Waals surface area contributed by atoms with Crippen molar-refractivity contribution in [1.29, 1.82) is 0 Å².